The topological polar surface area (TPSA) is 65.1 Å². The van der Waals surface area contributed by atoms with Crippen molar-refractivity contribution in [1.82, 2.24) is 19.5 Å². The van der Waals surface area contributed by atoms with Crippen LogP contribution >= 0.6 is 11.5 Å². The molecule has 2 aromatic heterocycles. The number of rotatable bonds is 4. The summed E-state index contributed by atoms with van der Waals surface area (Å²) in [5.41, 5.74) is 3.77. The molecule has 0 spiro atoms. The summed E-state index contributed by atoms with van der Waals surface area (Å²) in [4.78, 5) is 17.0. The molecule has 28 heavy (non-hydrogen) atoms. The van der Waals surface area contributed by atoms with Crippen LogP contribution < -0.4 is 4.90 Å². The van der Waals surface area contributed by atoms with E-state index in [2.05, 4.69) is 43.7 Å². The first-order valence-electron chi connectivity index (χ1n) is 10.2. The molecule has 1 saturated heterocycles. The third-order valence-electron chi connectivity index (χ3n) is 6.01. The van der Waals surface area contributed by atoms with Gasteiger partial charge in [-0.05, 0) is 54.9 Å². The summed E-state index contributed by atoms with van der Waals surface area (Å²) in [7, 11) is 0. The van der Waals surface area contributed by atoms with Crippen LogP contribution in [0.4, 0.5) is 5.82 Å². The lowest BCUT2D eigenvalue weighted by molar-refractivity contribution is -0.131. The number of H-pyrrole nitrogens is 1. The summed E-state index contributed by atoms with van der Waals surface area (Å²) in [6.45, 7) is 3.22. The molecular weight excluding hydrogens is 370 g/mol. The highest BCUT2D eigenvalue weighted by atomic mass is 32.1. The molecule has 0 saturated carbocycles. The number of aromatic nitrogens is 3. The molecule has 0 atom stereocenters. The average Bonchev–Trinajstić information content (AvgIpc) is 3.36. The first-order valence-corrected chi connectivity index (χ1v) is 11.0. The monoisotopic (exact) mass is 395 g/mol. The van der Waals surface area contributed by atoms with Gasteiger partial charge in [0.05, 0.1) is 10.4 Å². The Kier molecular flexibility index (Phi) is 4.76. The number of anilines is 1. The zero-order valence-electron chi connectivity index (χ0n) is 16.0. The van der Waals surface area contributed by atoms with E-state index >= 15 is 0 Å². The van der Waals surface area contributed by atoms with Gasteiger partial charge in [0.1, 0.15) is 5.82 Å². The molecule has 7 heteroatoms. The molecule has 1 aromatic carbocycles. The largest absolute Gasteiger partial charge is 0.352 e. The minimum Gasteiger partial charge on any atom is -0.352 e. The fraction of sp³-hybridized carbons (Fsp3) is 0.476. The third-order valence-corrected chi connectivity index (χ3v) is 6.82. The number of amides is 1. The number of carbonyl (C=O) groups excluding carboxylic acids is 1. The highest BCUT2D eigenvalue weighted by Gasteiger charge is 2.24. The van der Waals surface area contributed by atoms with Crippen LogP contribution in [0.2, 0.25) is 0 Å². The second kappa shape index (κ2) is 7.54. The van der Waals surface area contributed by atoms with Gasteiger partial charge in [-0.15, -0.1) is 0 Å². The summed E-state index contributed by atoms with van der Waals surface area (Å²) in [6, 6.07) is 8.37. The van der Waals surface area contributed by atoms with Crippen LogP contribution in [0.15, 0.2) is 24.3 Å². The fourth-order valence-electron chi connectivity index (χ4n) is 4.41. The maximum atomic E-state index is 12.7. The van der Waals surface area contributed by atoms with Crippen molar-refractivity contribution in [2.24, 2.45) is 0 Å². The minimum absolute atomic E-state index is 0.246. The maximum absolute atomic E-state index is 12.7. The normalized spacial score (nSPS) is 17.1. The molecule has 1 aliphatic carbocycles. The minimum atomic E-state index is 0.246. The summed E-state index contributed by atoms with van der Waals surface area (Å²) in [5.74, 6) is 1.31. The van der Waals surface area contributed by atoms with Crippen molar-refractivity contribution in [3.8, 4) is 0 Å². The van der Waals surface area contributed by atoms with Crippen LogP contribution in [0.5, 0.6) is 0 Å². The van der Waals surface area contributed by atoms with Gasteiger partial charge in [0.25, 0.3) is 0 Å². The Bertz CT molecular complexity index is 986. The summed E-state index contributed by atoms with van der Waals surface area (Å²) < 4.78 is 5.87. The van der Waals surface area contributed by atoms with E-state index in [0.717, 1.165) is 57.0 Å². The molecule has 0 bridgehead atoms. The smallest absolute Gasteiger partial charge is 0.223 e. The van der Waals surface area contributed by atoms with E-state index in [4.69, 9.17) is 0 Å². The molecule has 2 aliphatic rings. The number of fused-ring (bicyclic) bond motifs is 2. The van der Waals surface area contributed by atoms with Gasteiger partial charge in [0, 0.05) is 50.1 Å². The van der Waals surface area contributed by atoms with E-state index < -0.39 is 0 Å². The van der Waals surface area contributed by atoms with Crippen molar-refractivity contribution in [1.29, 1.82) is 0 Å². The Morgan fingerprint density at radius 3 is 2.82 bits per heavy atom. The molecule has 0 unspecified atom stereocenters. The van der Waals surface area contributed by atoms with Crippen molar-refractivity contribution < 1.29 is 4.79 Å². The summed E-state index contributed by atoms with van der Waals surface area (Å²) >= 11 is 1.55. The van der Waals surface area contributed by atoms with E-state index in [1.54, 1.807) is 11.5 Å². The Hall–Kier alpha value is -2.41. The number of hydrogen-bond acceptors (Lipinski definition) is 5. The van der Waals surface area contributed by atoms with Crippen LogP contribution in [-0.2, 0) is 24.1 Å². The molecule has 6 nitrogen and oxygen atoms in total. The van der Waals surface area contributed by atoms with E-state index in [1.165, 1.54) is 34.2 Å². The molecule has 146 valence electrons. The number of benzene rings is 1. The molecule has 3 heterocycles. The van der Waals surface area contributed by atoms with Crippen molar-refractivity contribution in [2.75, 3.05) is 31.1 Å². The average molecular weight is 396 g/mol. The predicted octanol–water partition coefficient (Wildman–Crippen LogP) is 3.18. The SMILES string of the molecule is O=C(CCc1n[nH]c2c1CCCC2)N1CCN(c2nsc3ccccc23)CC1. The fourth-order valence-corrected chi connectivity index (χ4v) is 5.20. The number of nitrogens with one attached hydrogen (secondary N) is 1. The summed E-state index contributed by atoms with van der Waals surface area (Å²) in [6.07, 6.45) is 5.99. The third kappa shape index (κ3) is 3.28. The van der Waals surface area contributed by atoms with Crippen LogP contribution in [0.1, 0.15) is 36.2 Å². The van der Waals surface area contributed by atoms with Gasteiger partial charge < -0.3 is 9.80 Å². The molecule has 1 fully saturated rings. The summed E-state index contributed by atoms with van der Waals surface area (Å²) in [5, 5.41) is 8.87. The Morgan fingerprint density at radius 2 is 1.93 bits per heavy atom. The molecule has 1 amide bonds. The van der Waals surface area contributed by atoms with E-state index in [1.807, 2.05) is 4.90 Å². The first kappa shape index (κ1) is 17.7. The van der Waals surface area contributed by atoms with Gasteiger partial charge in [-0.25, -0.2) is 0 Å². The number of hydrogen-bond donors (Lipinski definition) is 1. The quantitative estimate of drug-likeness (QED) is 0.737. The van der Waals surface area contributed by atoms with Crippen LogP contribution in [0, 0.1) is 0 Å². The van der Waals surface area contributed by atoms with Gasteiger partial charge in [-0.1, -0.05) is 12.1 Å². The van der Waals surface area contributed by atoms with Gasteiger partial charge in [0.2, 0.25) is 5.91 Å². The van der Waals surface area contributed by atoms with Crippen LogP contribution in [0.3, 0.4) is 0 Å². The van der Waals surface area contributed by atoms with E-state index in [0.29, 0.717) is 6.42 Å². The lowest BCUT2D eigenvalue weighted by atomic mass is 9.94. The second-order valence-corrected chi connectivity index (χ2v) is 8.51. The molecule has 1 N–H and O–H groups in total. The number of piperazine rings is 1. The molecule has 5 rings (SSSR count). The van der Waals surface area contributed by atoms with Crippen molar-refractivity contribution >= 4 is 33.3 Å². The Balaban J connectivity index is 1.18. The predicted molar refractivity (Wildman–Crippen MR) is 112 cm³/mol. The second-order valence-electron chi connectivity index (χ2n) is 7.70. The Morgan fingerprint density at radius 1 is 1.11 bits per heavy atom. The lowest BCUT2D eigenvalue weighted by Gasteiger charge is -2.35. The number of aromatic amines is 1. The molecule has 3 aromatic rings. The van der Waals surface area contributed by atoms with E-state index in [9.17, 15) is 4.79 Å². The van der Waals surface area contributed by atoms with Gasteiger partial charge in [0.15, 0.2) is 0 Å². The standard InChI is InChI=1S/C21H25N5OS/c27-20(10-9-18-15-5-1-3-7-17(15)22-23-18)25-11-13-26(14-12-25)21-16-6-2-4-8-19(16)28-24-21/h2,4,6,8H,1,3,5,7,9-14H2,(H,22,23). The molecular formula is C21H25N5OS. The Labute approximate surface area is 168 Å². The first-order chi connectivity index (χ1) is 13.8. The van der Waals surface area contributed by atoms with Crippen molar-refractivity contribution in [2.45, 2.75) is 38.5 Å². The van der Waals surface area contributed by atoms with Gasteiger partial charge in [-0.2, -0.15) is 9.47 Å². The molecule has 1 aliphatic heterocycles. The zero-order valence-corrected chi connectivity index (χ0v) is 16.8. The van der Waals surface area contributed by atoms with Crippen molar-refractivity contribution in [3.05, 3.63) is 41.2 Å². The highest BCUT2D eigenvalue weighted by molar-refractivity contribution is 7.13. The zero-order chi connectivity index (χ0) is 18.9. The van der Waals surface area contributed by atoms with Gasteiger partial charge in [-0.3, -0.25) is 9.89 Å². The van der Waals surface area contributed by atoms with E-state index in [-0.39, 0.29) is 5.91 Å². The number of carbonyl (C=O) groups is 1. The highest BCUT2D eigenvalue weighted by Crippen LogP contribution is 2.30. The van der Waals surface area contributed by atoms with Gasteiger partial charge >= 0.3 is 0 Å². The lowest BCUT2D eigenvalue weighted by Crippen LogP contribution is -2.49. The van der Waals surface area contributed by atoms with Crippen LogP contribution in [-0.4, -0.2) is 51.6 Å². The van der Waals surface area contributed by atoms with Crippen molar-refractivity contribution in [3.63, 3.8) is 0 Å². The number of aryl methyl sites for hydroxylation is 2. The number of nitrogens with zero attached hydrogens (tertiary/aromatic N) is 4. The maximum Gasteiger partial charge on any atom is 0.223 e. The van der Waals surface area contributed by atoms with Crippen LogP contribution in [0.25, 0.3) is 10.1 Å². The molecule has 0 radical (unpaired) electrons.